The Bertz CT molecular complexity index is 455. The van der Waals surface area contributed by atoms with Gasteiger partial charge in [0.1, 0.15) is 0 Å². The molecule has 0 unspecified atom stereocenters. The molecule has 0 bridgehead atoms. The summed E-state index contributed by atoms with van der Waals surface area (Å²) < 4.78 is 6.43. The maximum atomic E-state index is 4.66. The number of nitrogens with one attached hydrogen (secondary N) is 1. The molecule has 8 nitrogen and oxygen atoms in total. The van der Waals surface area contributed by atoms with E-state index in [2.05, 4.69) is 49.4 Å². The minimum atomic E-state index is 0.455. The fourth-order valence-corrected chi connectivity index (χ4v) is 2.04. The van der Waals surface area contributed by atoms with Crippen LogP contribution in [0.1, 0.15) is 19.7 Å². The fraction of sp³-hybridized carbons (Fsp3) is 0.667. The second kappa shape index (κ2) is 6.45. The van der Waals surface area contributed by atoms with Gasteiger partial charge in [0.05, 0.1) is 12.3 Å². The SMILES string of the molecule is CC(C)NCCn1nnnc1SCc1ncon1. The van der Waals surface area contributed by atoms with Crippen molar-refractivity contribution >= 4 is 11.8 Å². The molecule has 0 aliphatic carbocycles. The van der Waals surface area contributed by atoms with Gasteiger partial charge in [-0.15, -0.1) is 5.10 Å². The minimum absolute atomic E-state index is 0.455. The molecule has 2 rings (SSSR count). The van der Waals surface area contributed by atoms with Crippen molar-refractivity contribution in [3.8, 4) is 0 Å². The van der Waals surface area contributed by atoms with Crippen molar-refractivity contribution in [2.75, 3.05) is 6.54 Å². The van der Waals surface area contributed by atoms with Crippen molar-refractivity contribution in [2.45, 2.75) is 37.3 Å². The highest BCUT2D eigenvalue weighted by Gasteiger charge is 2.08. The Balaban J connectivity index is 1.83. The van der Waals surface area contributed by atoms with Crippen LogP contribution in [0, 0.1) is 0 Å². The highest BCUT2D eigenvalue weighted by molar-refractivity contribution is 7.98. The molecule has 18 heavy (non-hydrogen) atoms. The predicted molar refractivity (Wildman–Crippen MR) is 64.8 cm³/mol. The lowest BCUT2D eigenvalue weighted by Crippen LogP contribution is -2.27. The molecular weight excluding hydrogens is 254 g/mol. The molecule has 0 spiro atoms. The topological polar surface area (TPSA) is 94.6 Å². The van der Waals surface area contributed by atoms with Crippen LogP contribution >= 0.6 is 11.8 Å². The van der Waals surface area contributed by atoms with Crippen LogP contribution < -0.4 is 5.32 Å². The van der Waals surface area contributed by atoms with Gasteiger partial charge in [0, 0.05) is 12.6 Å². The summed E-state index contributed by atoms with van der Waals surface area (Å²) in [5, 5.41) is 19.4. The van der Waals surface area contributed by atoms with Crippen LogP contribution in [-0.4, -0.2) is 42.9 Å². The zero-order chi connectivity index (χ0) is 12.8. The van der Waals surface area contributed by atoms with E-state index < -0.39 is 0 Å². The summed E-state index contributed by atoms with van der Waals surface area (Å²) in [5.41, 5.74) is 0. The van der Waals surface area contributed by atoms with Crippen LogP contribution in [0.2, 0.25) is 0 Å². The quantitative estimate of drug-likeness (QED) is 0.719. The Morgan fingerprint density at radius 2 is 2.39 bits per heavy atom. The average molecular weight is 269 g/mol. The van der Waals surface area contributed by atoms with Crippen molar-refractivity contribution in [1.82, 2.24) is 35.7 Å². The molecule has 0 radical (unpaired) electrons. The normalized spacial score (nSPS) is 11.3. The van der Waals surface area contributed by atoms with Gasteiger partial charge in [0.15, 0.2) is 5.82 Å². The van der Waals surface area contributed by atoms with E-state index in [-0.39, 0.29) is 0 Å². The summed E-state index contributed by atoms with van der Waals surface area (Å²) in [6.45, 7) is 5.77. The average Bonchev–Trinajstić information content (AvgIpc) is 2.96. The van der Waals surface area contributed by atoms with Crippen LogP contribution in [0.3, 0.4) is 0 Å². The zero-order valence-corrected chi connectivity index (χ0v) is 11.1. The fourth-order valence-electron chi connectivity index (χ4n) is 1.28. The van der Waals surface area contributed by atoms with E-state index in [1.54, 1.807) is 4.68 Å². The summed E-state index contributed by atoms with van der Waals surface area (Å²) in [6, 6.07) is 0.455. The zero-order valence-electron chi connectivity index (χ0n) is 10.3. The van der Waals surface area contributed by atoms with E-state index in [0.29, 0.717) is 17.6 Å². The van der Waals surface area contributed by atoms with E-state index in [1.807, 2.05) is 0 Å². The third kappa shape index (κ3) is 3.77. The molecule has 0 saturated heterocycles. The van der Waals surface area contributed by atoms with Crippen molar-refractivity contribution in [3.63, 3.8) is 0 Å². The van der Waals surface area contributed by atoms with Gasteiger partial charge < -0.3 is 9.84 Å². The predicted octanol–water partition coefficient (Wildman–Crippen LogP) is 0.346. The first-order valence-corrected chi connectivity index (χ1v) is 6.62. The lowest BCUT2D eigenvalue weighted by molar-refractivity contribution is 0.412. The molecule has 0 saturated carbocycles. The first kappa shape index (κ1) is 13.0. The maximum Gasteiger partial charge on any atom is 0.213 e. The number of hydrogen-bond donors (Lipinski definition) is 1. The van der Waals surface area contributed by atoms with E-state index in [1.165, 1.54) is 18.2 Å². The third-order valence-electron chi connectivity index (χ3n) is 2.11. The summed E-state index contributed by atoms with van der Waals surface area (Å²) in [4.78, 5) is 3.94. The number of aromatic nitrogens is 6. The van der Waals surface area contributed by atoms with Gasteiger partial charge in [-0.3, -0.25) is 0 Å². The number of rotatable bonds is 7. The van der Waals surface area contributed by atoms with E-state index in [0.717, 1.165) is 18.2 Å². The minimum Gasteiger partial charge on any atom is -0.343 e. The van der Waals surface area contributed by atoms with Crippen molar-refractivity contribution in [2.24, 2.45) is 0 Å². The smallest absolute Gasteiger partial charge is 0.213 e. The van der Waals surface area contributed by atoms with Crippen LogP contribution in [0.15, 0.2) is 16.1 Å². The van der Waals surface area contributed by atoms with Gasteiger partial charge in [-0.05, 0) is 10.4 Å². The Hall–Kier alpha value is -1.48. The van der Waals surface area contributed by atoms with Gasteiger partial charge in [-0.2, -0.15) is 4.98 Å². The first-order chi connectivity index (χ1) is 8.75. The highest BCUT2D eigenvalue weighted by atomic mass is 32.2. The van der Waals surface area contributed by atoms with Gasteiger partial charge in [-0.25, -0.2) is 4.68 Å². The molecule has 0 amide bonds. The highest BCUT2D eigenvalue weighted by Crippen LogP contribution is 2.17. The van der Waals surface area contributed by atoms with Gasteiger partial charge >= 0.3 is 0 Å². The Morgan fingerprint density at radius 1 is 1.50 bits per heavy atom. The molecule has 2 aromatic heterocycles. The molecule has 1 N–H and O–H groups in total. The van der Waals surface area contributed by atoms with Gasteiger partial charge in [0.25, 0.3) is 0 Å². The second-order valence-electron chi connectivity index (χ2n) is 3.93. The summed E-state index contributed by atoms with van der Waals surface area (Å²) in [6.07, 6.45) is 1.31. The van der Waals surface area contributed by atoms with Crippen molar-refractivity contribution in [3.05, 3.63) is 12.2 Å². The Labute approximate surface area is 109 Å². The molecule has 98 valence electrons. The third-order valence-corrected chi connectivity index (χ3v) is 3.07. The number of hydrogen-bond acceptors (Lipinski definition) is 8. The standard InChI is InChI=1S/C9H15N7OS/c1-7(2)10-3-4-16-9(12-14-15-16)18-5-8-11-6-17-13-8/h6-7,10H,3-5H2,1-2H3. The Morgan fingerprint density at radius 3 is 3.11 bits per heavy atom. The number of nitrogens with zero attached hydrogens (tertiary/aromatic N) is 6. The van der Waals surface area contributed by atoms with Gasteiger partial charge in [0.2, 0.25) is 11.6 Å². The monoisotopic (exact) mass is 269 g/mol. The lowest BCUT2D eigenvalue weighted by Gasteiger charge is -2.08. The van der Waals surface area contributed by atoms with Gasteiger partial charge in [-0.1, -0.05) is 30.8 Å². The van der Waals surface area contributed by atoms with Crippen molar-refractivity contribution in [1.29, 1.82) is 0 Å². The molecule has 2 heterocycles. The molecule has 0 aromatic carbocycles. The van der Waals surface area contributed by atoms with Crippen LogP contribution in [0.5, 0.6) is 0 Å². The lowest BCUT2D eigenvalue weighted by atomic mass is 10.4. The first-order valence-electron chi connectivity index (χ1n) is 5.63. The van der Waals surface area contributed by atoms with E-state index in [4.69, 9.17) is 0 Å². The van der Waals surface area contributed by atoms with E-state index >= 15 is 0 Å². The molecule has 0 fully saturated rings. The number of tetrazole rings is 1. The van der Waals surface area contributed by atoms with E-state index in [9.17, 15) is 0 Å². The summed E-state index contributed by atoms with van der Waals surface area (Å²) in [7, 11) is 0. The molecular formula is C9H15N7OS. The number of thioether (sulfide) groups is 1. The van der Waals surface area contributed by atoms with Crippen LogP contribution in [-0.2, 0) is 12.3 Å². The summed E-state index contributed by atoms with van der Waals surface area (Å²) >= 11 is 1.48. The second-order valence-corrected chi connectivity index (χ2v) is 4.87. The molecule has 0 aliphatic heterocycles. The van der Waals surface area contributed by atoms with Crippen LogP contribution in [0.25, 0.3) is 0 Å². The molecule has 0 atom stereocenters. The Kier molecular flexibility index (Phi) is 4.65. The van der Waals surface area contributed by atoms with Crippen molar-refractivity contribution < 1.29 is 4.52 Å². The molecule has 9 heteroatoms. The largest absolute Gasteiger partial charge is 0.343 e. The molecule has 0 aliphatic rings. The van der Waals surface area contributed by atoms with Crippen LogP contribution in [0.4, 0.5) is 0 Å². The molecule has 2 aromatic rings. The maximum absolute atomic E-state index is 4.66. The summed E-state index contributed by atoms with van der Waals surface area (Å²) in [5.74, 6) is 1.23.